The molecular formula is C16H20N2O. The van der Waals surface area contributed by atoms with E-state index in [-0.39, 0.29) is 5.60 Å². The quantitative estimate of drug-likeness (QED) is 0.895. The third-order valence-electron chi connectivity index (χ3n) is 4.76. The molecule has 3 heterocycles. The van der Waals surface area contributed by atoms with Crippen molar-refractivity contribution in [2.75, 3.05) is 19.7 Å². The molecular weight excluding hydrogens is 236 g/mol. The van der Waals surface area contributed by atoms with Gasteiger partial charge in [-0.05, 0) is 48.4 Å². The fraction of sp³-hybridized carbons (Fsp3) is 0.500. The Labute approximate surface area is 113 Å². The monoisotopic (exact) mass is 256 g/mol. The molecule has 2 aromatic rings. The third-order valence-corrected chi connectivity index (χ3v) is 4.76. The molecule has 2 aliphatic heterocycles. The number of hydrogen-bond acceptors (Lipinski definition) is 2. The molecule has 1 spiro atoms. The highest BCUT2D eigenvalue weighted by molar-refractivity contribution is 5.79. The van der Waals surface area contributed by atoms with Gasteiger partial charge in [0.2, 0.25) is 0 Å². The number of nitrogens with zero attached hydrogens (tertiary/aromatic N) is 1. The van der Waals surface area contributed by atoms with Crippen LogP contribution in [0.1, 0.15) is 24.8 Å². The second-order valence-corrected chi connectivity index (χ2v) is 5.96. The van der Waals surface area contributed by atoms with E-state index in [1.807, 2.05) is 6.20 Å². The molecule has 3 heteroatoms. The predicted octanol–water partition coefficient (Wildman–Crippen LogP) is 2.92. The van der Waals surface area contributed by atoms with Crippen LogP contribution in [-0.2, 0) is 11.3 Å². The van der Waals surface area contributed by atoms with Gasteiger partial charge >= 0.3 is 0 Å². The predicted molar refractivity (Wildman–Crippen MR) is 76.1 cm³/mol. The minimum absolute atomic E-state index is 0.265. The molecule has 1 aromatic heterocycles. The van der Waals surface area contributed by atoms with Crippen LogP contribution in [0.4, 0.5) is 0 Å². The highest BCUT2D eigenvalue weighted by Gasteiger charge is 2.40. The summed E-state index contributed by atoms with van der Waals surface area (Å²) in [6.07, 6.45) is 5.70. The van der Waals surface area contributed by atoms with Gasteiger partial charge in [0.1, 0.15) is 0 Å². The fourth-order valence-corrected chi connectivity index (χ4v) is 3.36. The number of aromatic amines is 1. The number of piperidine rings is 1. The first-order valence-electron chi connectivity index (χ1n) is 7.25. The number of hydrogen-bond donors (Lipinski definition) is 1. The summed E-state index contributed by atoms with van der Waals surface area (Å²) < 4.78 is 5.77. The van der Waals surface area contributed by atoms with Gasteiger partial charge in [0, 0.05) is 31.3 Å². The zero-order chi connectivity index (χ0) is 12.7. The van der Waals surface area contributed by atoms with Gasteiger partial charge in [0.25, 0.3) is 0 Å². The molecule has 19 heavy (non-hydrogen) atoms. The first kappa shape index (κ1) is 11.5. The van der Waals surface area contributed by atoms with Gasteiger partial charge in [-0.3, -0.25) is 4.90 Å². The van der Waals surface area contributed by atoms with Crippen LogP contribution >= 0.6 is 0 Å². The van der Waals surface area contributed by atoms with Crippen LogP contribution in [0.15, 0.2) is 30.5 Å². The third kappa shape index (κ3) is 2.07. The van der Waals surface area contributed by atoms with E-state index in [4.69, 9.17) is 4.74 Å². The summed E-state index contributed by atoms with van der Waals surface area (Å²) in [6, 6.07) is 8.87. The SMILES string of the molecule is c1cc2cc(CN3CCC4(CCO4)CC3)ccc2[nH]1. The molecule has 0 atom stereocenters. The first-order chi connectivity index (χ1) is 9.33. The van der Waals surface area contributed by atoms with Crippen LogP contribution in [0.2, 0.25) is 0 Å². The van der Waals surface area contributed by atoms with Crippen molar-refractivity contribution >= 4 is 10.9 Å². The van der Waals surface area contributed by atoms with Crippen molar-refractivity contribution in [3.63, 3.8) is 0 Å². The maximum atomic E-state index is 5.77. The standard InChI is InChI=1S/C16H20N2O/c1-2-15-14(3-7-17-15)11-13(1)12-18-8-4-16(5-9-18)6-10-19-16/h1-3,7,11,17H,4-6,8-10,12H2. The van der Waals surface area contributed by atoms with Crippen molar-refractivity contribution in [2.45, 2.75) is 31.4 Å². The molecule has 2 aliphatic rings. The number of H-pyrrole nitrogens is 1. The Morgan fingerprint density at radius 2 is 2.00 bits per heavy atom. The molecule has 100 valence electrons. The van der Waals surface area contributed by atoms with Gasteiger partial charge in [-0.2, -0.15) is 0 Å². The van der Waals surface area contributed by atoms with Crippen LogP contribution in [0.25, 0.3) is 10.9 Å². The zero-order valence-electron chi connectivity index (χ0n) is 11.2. The second kappa shape index (κ2) is 4.36. The Hall–Kier alpha value is -1.32. The number of likely N-dealkylation sites (tertiary alicyclic amines) is 1. The first-order valence-corrected chi connectivity index (χ1v) is 7.25. The highest BCUT2D eigenvalue weighted by atomic mass is 16.5. The van der Waals surface area contributed by atoms with Crippen molar-refractivity contribution in [2.24, 2.45) is 0 Å². The van der Waals surface area contributed by atoms with Crippen molar-refractivity contribution in [3.05, 3.63) is 36.0 Å². The molecule has 3 nitrogen and oxygen atoms in total. The lowest BCUT2D eigenvalue weighted by molar-refractivity contribution is -0.173. The summed E-state index contributed by atoms with van der Waals surface area (Å²) in [4.78, 5) is 5.80. The summed E-state index contributed by atoms with van der Waals surface area (Å²) in [6.45, 7) is 4.39. The van der Waals surface area contributed by atoms with E-state index in [0.29, 0.717) is 0 Å². The maximum Gasteiger partial charge on any atom is 0.0728 e. The molecule has 0 bridgehead atoms. The van der Waals surface area contributed by atoms with Gasteiger partial charge in [-0.1, -0.05) is 6.07 Å². The average molecular weight is 256 g/mol. The van der Waals surface area contributed by atoms with Gasteiger partial charge in [-0.15, -0.1) is 0 Å². The zero-order valence-corrected chi connectivity index (χ0v) is 11.2. The minimum atomic E-state index is 0.265. The van der Waals surface area contributed by atoms with Gasteiger partial charge in [0.05, 0.1) is 12.2 Å². The van der Waals surface area contributed by atoms with Crippen LogP contribution in [-0.4, -0.2) is 35.2 Å². The van der Waals surface area contributed by atoms with Gasteiger partial charge < -0.3 is 9.72 Å². The van der Waals surface area contributed by atoms with E-state index in [1.54, 1.807) is 0 Å². The molecule has 0 aliphatic carbocycles. The Morgan fingerprint density at radius 1 is 1.16 bits per heavy atom. The van der Waals surface area contributed by atoms with Gasteiger partial charge in [0.15, 0.2) is 0 Å². The summed E-state index contributed by atoms with van der Waals surface area (Å²) >= 11 is 0. The highest BCUT2D eigenvalue weighted by Crippen LogP contribution is 2.36. The van der Waals surface area contributed by atoms with Crippen molar-refractivity contribution in [3.8, 4) is 0 Å². The second-order valence-electron chi connectivity index (χ2n) is 5.96. The van der Waals surface area contributed by atoms with E-state index in [2.05, 4.69) is 34.1 Å². The Bertz CT molecular complexity index is 575. The number of aromatic nitrogens is 1. The molecule has 0 saturated carbocycles. The lowest BCUT2D eigenvalue weighted by Gasteiger charge is -2.47. The van der Waals surface area contributed by atoms with Crippen LogP contribution in [0.3, 0.4) is 0 Å². The van der Waals surface area contributed by atoms with E-state index in [0.717, 1.165) is 13.2 Å². The van der Waals surface area contributed by atoms with Crippen molar-refractivity contribution in [1.82, 2.24) is 9.88 Å². The molecule has 0 unspecified atom stereocenters. The summed E-state index contributed by atoms with van der Waals surface area (Å²) in [5.74, 6) is 0. The maximum absolute atomic E-state index is 5.77. The smallest absolute Gasteiger partial charge is 0.0728 e. The Balaban J connectivity index is 1.43. The normalized spacial score (nSPS) is 22.7. The minimum Gasteiger partial charge on any atom is -0.375 e. The van der Waals surface area contributed by atoms with Crippen molar-refractivity contribution in [1.29, 1.82) is 0 Å². The number of nitrogens with one attached hydrogen (secondary N) is 1. The van der Waals surface area contributed by atoms with E-state index in [1.165, 1.54) is 48.8 Å². The van der Waals surface area contributed by atoms with E-state index in [9.17, 15) is 0 Å². The number of ether oxygens (including phenoxy) is 1. The topological polar surface area (TPSA) is 28.3 Å². The summed E-state index contributed by atoms with van der Waals surface area (Å²) in [7, 11) is 0. The molecule has 1 aromatic carbocycles. The lowest BCUT2D eigenvalue weighted by Crippen LogP contribution is -2.52. The fourth-order valence-electron chi connectivity index (χ4n) is 3.36. The molecule has 2 fully saturated rings. The lowest BCUT2D eigenvalue weighted by atomic mass is 9.84. The van der Waals surface area contributed by atoms with Crippen LogP contribution < -0.4 is 0 Å². The number of rotatable bonds is 2. The average Bonchev–Trinajstić information content (AvgIpc) is 2.85. The molecule has 0 radical (unpaired) electrons. The van der Waals surface area contributed by atoms with Crippen molar-refractivity contribution < 1.29 is 4.74 Å². The molecule has 4 rings (SSSR count). The summed E-state index contributed by atoms with van der Waals surface area (Å²) in [5, 5.41) is 1.31. The van der Waals surface area contributed by atoms with E-state index < -0.39 is 0 Å². The Kier molecular flexibility index (Phi) is 2.64. The van der Waals surface area contributed by atoms with Crippen LogP contribution in [0, 0.1) is 0 Å². The van der Waals surface area contributed by atoms with Crippen LogP contribution in [0.5, 0.6) is 0 Å². The largest absolute Gasteiger partial charge is 0.375 e. The van der Waals surface area contributed by atoms with E-state index >= 15 is 0 Å². The van der Waals surface area contributed by atoms with Gasteiger partial charge in [-0.25, -0.2) is 0 Å². The molecule has 0 amide bonds. The Morgan fingerprint density at radius 3 is 2.74 bits per heavy atom. The molecule has 1 N–H and O–H groups in total. The molecule has 2 saturated heterocycles. The number of benzene rings is 1. The summed E-state index contributed by atoms with van der Waals surface area (Å²) in [5.41, 5.74) is 2.91. The number of fused-ring (bicyclic) bond motifs is 1.